The summed E-state index contributed by atoms with van der Waals surface area (Å²) in [6.07, 6.45) is 5.49. The van der Waals surface area contributed by atoms with E-state index in [4.69, 9.17) is 4.74 Å². The van der Waals surface area contributed by atoms with Gasteiger partial charge in [0.05, 0.1) is 7.11 Å². The molecule has 1 aromatic heterocycles. The van der Waals surface area contributed by atoms with Gasteiger partial charge in [0.2, 0.25) is 0 Å². The molecule has 1 atom stereocenters. The maximum atomic E-state index is 12.2. The zero-order chi connectivity index (χ0) is 14.5. The molecule has 2 aromatic rings. The van der Waals surface area contributed by atoms with Crippen molar-refractivity contribution in [2.45, 2.75) is 19.4 Å². The van der Waals surface area contributed by atoms with Gasteiger partial charge in [0.1, 0.15) is 12.1 Å². The number of para-hydroxylation sites is 1. The van der Waals surface area contributed by atoms with E-state index in [9.17, 15) is 4.79 Å². The summed E-state index contributed by atoms with van der Waals surface area (Å²) in [5, 5.41) is 0. The first-order valence-electron chi connectivity index (χ1n) is 6.50. The molecule has 0 bridgehead atoms. The van der Waals surface area contributed by atoms with Gasteiger partial charge in [0.15, 0.2) is 0 Å². The number of amides is 1. The summed E-state index contributed by atoms with van der Waals surface area (Å²) < 4.78 is 6.81. The van der Waals surface area contributed by atoms with Crippen LogP contribution in [-0.2, 0) is 6.42 Å². The molecule has 1 aromatic carbocycles. The lowest BCUT2D eigenvalue weighted by Gasteiger charge is -2.25. The van der Waals surface area contributed by atoms with Crippen LogP contribution in [0.25, 0.3) is 0 Å². The molecule has 0 saturated carbocycles. The van der Waals surface area contributed by atoms with E-state index in [2.05, 4.69) is 4.98 Å². The lowest BCUT2D eigenvalue weighted by atomic mass is 10.1. The number of nitrogens with zero attached hydrogens (tertiary/aromatic N) is 3. The van der Waals surface area contributed by atoms with Crippen LogP contribution >= 0.6 is 0 Å². The van der Waals surface area contributed by atoms with Crippen molar-refractivity contribution in [3.05, 3.63) is 48.5 Å². The fraction of sp³-hybridized carbons (Fsp3) is 0.333. The minimum Gasteiger partial charge on any atom is -0.496 e. The fourth-order valence-corrected chi connectivity index (χ4v) is 2.07. The van der Waals surface area contributed by atoms with E-state index in [0.717, 1.165) is 17.7 Å². The molecule has 5 nitrogen and oxygen atoms in total. The molecule has 0 fully saturated rings. The van der Waals surface area contributed by atoms with Gasteiger partial charge in [-0.15, -0.1) is 0 Å². The molecule has 0 spiro atoms. The van der Waals surface area contributed by atoms with Crippen molar-refractivity contribution in [1.29, 1.82) is 0 Å². The summed E-state index contributed by atoms with van der Waals surface area (Å²) >= 11 is 0. The summed E-state index contributed by atoms with van der Waals surface area (Å²) in [5.74, 6) is 0.850. The molecular weight excluding hydrogens is 254 g/mol. The summed E-state index contributed by atoms with van der Waals surface area (Å²) in [5.41, 5.74) is 1.09. The predicted octanol–water partition coefficient (Wildman–Crippen LogP) is 2.42. The number of carbonyl (C=O) groups excluding carboxylic acids is 1. The van der Waals surface area contributed by atoms with Crippen LogP contribution in [0.4, 0.5) is 4.79 Å². The molecule has 106 valence electrons. The van der Waals surface area contributed by atoms with E-state index in [1.54, 1.807) is 31.5 Å². The van der Waals surface area contributed by atoms with E-state index in [1.165, 1.54) is 10.9 Å². The predicted molar refractivity (Wildman–Crippen MR) is 76.9 cm³/mol. The minimum absolute atomic E-state index is 0.0567. The van der Waals surface area contributed by atoms with E-state index >= 15 is 0 Å². The number of carbonyl (C=O) groups is 1. The van der Waals surface area contributed by atoms with Crippen LogP contribution in [0.15, 0.2) is 43.0 Å². The summed E-state index contributed by atoms with van der Waals surface area (Å²) in [6, 6.07) is 7.83. The van der Waals surface area contributed by atoms with Crippen LogP contribution in [0.5, 0.6) is 5.75 Å². The lowest BCUT2D eigenvalue weighted by Crippen LogP contribution is -2.38. The van der Waals surface area contributed by atoms with Crippen molar-refractivity contribution in [3.63, 3.8) is 0 Å². The third-order valence-corrected chi connectivity index (χ3v) is 3.40. The molecule has 0 aliphatic heterocycles. The van der Waals surface area contributed by atoms with Gasteiger partial charge >= 0.3 is 6.03 Å². The number of likely N-dealkylation sites (N-methyl/N-ethyl adjacent to an activating group) is 1. The number of ether oxygens (including phenoxy) is 1. The average Bonchev–Trinajstić information content (AvgIpc) is 3.00. The van der Waals surface area contributed by atoms with Gasteiger partial charge in [-0.05, 0) is 25.0 Å². The third kappa shape index (κ3) is 2.99. The fourth-order valence-electron chi connectivity index (χ4n) is 2.07. The first-order chi connectivity index (χ1) is 9.63. The van der Waals surface area contributed by atoms with Gasteiger partial charge in [-0.3, -0.25) is 4.57 Å². The van der Waals surface area contributed by atoms with Gasteiger partial charge in [-0.1, -0.05) is 18.2 Å². The number of imidazole rings is 1. The molecule has 0 radical (unpaired) electrons. The van der Waals surface area contributed by atoms with Crippen LogP contribution in [-0.4, -0.2) is 40.7 Å². The summed E-state index contributed by atoms with van der Waals surface area (Å²) in [7, 11) is 3.45. The van der Waals surface area contributed by atoms with E-state index in [-0.39, 0.29) is 12.1 Å². The van der Waals surface area contributed by atoms with E-state index in [0.29, 0.717) is 0 Å². The molecule has 1 unspecified atom stereocenters. The molecule has 0 aliphatic carbocycles. The maximum absolute atomic E-state index is 12.2. The Labute approximate surface area is 118 Å². The second kappa shape index (κ2) is 6.23. The molecule has 1 amide bonds. The highest BCUT2D eigenvalue weighted by Crippen LogP contribution is 2.20. The van der Waals surface area contributed by atoms with Crippen LogP contribution in [0, 0.1) is 0 Å². The Hall–Kier alpha value is -2.30. The Balaban J connectivity index is 2.08. The van der Waals surface area contributed by atoms with Crippen molar-refractivity contribution >= 4 is 6.03 Å². The zero-order valence-corrected chi connectivity index (χ0v) is 12.0. The molecule has 20 heavy (non-hydrogen) atoms. The van der Waals surface area contributed by atoms with E-state index in [1.807, 2.05) is 31.2 Å². The lowest BCUT2D eigenvalue weighted by molar-refractivity contribution is 0.195. The Morgan fingerprint density at radius 2 is 2.20 bits per heavy atom. The average molecular weight is 273 g/mol. The van der Waals surface area contributed by atoms with Gasteiger partial charge < -0.3 is 9.64 Å². The third-order valence-electron chi connectivity index (χ3n) is 3.40. The van der Waals surface area contributed by atoms with Gasteiger partial charge in [0.25, 0.3) is 0 Å². The normalized spacial score (nSPS) is 11.9. The smallest absolute Gasteiger partial charge is 0.329 e. The van der Waals surface area contributed by atoms with Crippen molar-refractivity contribution in [1.82, 2.24) is 14.5 Å². The number of methoxy groups -OCH3 is 1. The molecule has 0 saturated heterocycles. The van der Waals surface area contributed by atoms with Crippen molar-refractivity contribution in [2.24, 2.45) is 0 Å². The maximum Gasteiger partial charge on any atom is 0.329 e. The standard InChI is InChI=1S/C15H19N3O2/c1-12(10-13-6-4-5-7-14(13)20-3)17(2)15(19)18-9-8-16-11-18/h4-9,11-12H,10H2,1-3H3. The molecule has 0 N–H and O–H groups in total. The number of rotatable bonds is 4. The first kappa shape index (κ1) is 14.1. The first-order valence-corrected chi connectivity index (χ1v) is 6.50. The second-order valence-electron chi connectivity index (χ2n) is 4.73. The Morgan fingerprint density at radius 3 is 2.85 bits per heavy atom. The van der Waals surface area contributed by atoms with Gasteiger partial charge in [0, 0.05) is 25.5 Å². The number of aromatic nitrogens is 2. The van der Waals surface area contributed by atoms with Crippen LogP contribution in [0.3, 0.4) is 0 Å². The summed E-state index contributed by atoms with van der Waals surface area (Å²) in [4.78, 5) is 17.8. The monoisotopic (exact) mass is 273 g/mol. The SMILES string of the molecule is COc1ccccc1CC(C)N(C)C(=O)n1ccnc1. The second-order valence-corrected chi connectivity index (χ2v) is 4.73. The highest BCUT2D eigenvalue weighted by molar-refractivity contribution is 5.76. The van der Waals surface area contributed by atoms with Crippen molar-refractivity contribution < 1.29 is 9.53 Å². The molecule has 1 heterocycles. The topological polar surface area (TPSA) is 47.4 Å². The van der Waals surface area contributed by atoms with Crippen LogP contribution in [0.1, 0.15) is 12.5 Å². The molecular formula is C15H19N3O2. The van der Waals surface area contributed by atoms with Crippen molar-refractivity contribution in [2.75, 3.05) is 14.2 Å². The minimum atomic E-state index is -0.0927. The van der Waals surface area contributed by atoms with E-state index < -0.39 is 0 Å². The molecule has 5 heteroatoms. The Bertz CT molecular complexity index is 566. The highest BCUT2D eigenvalue weighted by Gasteiger charge is 2.18. The quantitative estimate of drug-likeness (QED) is 0.859. The number of hydrogen-bond donors (Lipinski definition) is 0. The zero-order valence-electron chi connectivity index (χ0n) is 12.0. The summed E-state index contributed by atoms with van der Waals surface area (Å²) in [6.45, 7) is 2.02. The van der Waals surface area contributed by atoms with Gasteiger partial charge in [-0.2, -0.15) is 0 Å². The number of hydrogen-bond acceptors (Lipinski definition) is 3. The molecule has 2 rings (SSSR count). The van der Waals surface area contributed by atoms with Crippen LogP contribution in [0.2, 0.25) is 0 Å². The van der Waals surface area contributed by atoms with Crippen molar-refractivity contribution in [3.8, 4) is 5.75 Å². The molecule has 0 aliphatic rings. The van der Waals surface area contributed by atoms with Crippen LogP contribution < -0.4 is 4.74 Å². The number of benzene rings is 1. The largest absolute Gasteiger partial charge is 0.496 e. The Kier molecular flexibility index (Phi) is 4.40. The Morgan fingerprint density at radius 1 is 1.45 bits per heavy atom. The van der Waals surface area contributed by atoms with Gasteiger partial charge in [-0.25, -0.2) is 9.78 Å². The highest BCUT2D eigenvalue weighted by atomic mass is 16.5.